The highest BCUT2D eigenvalue weighted by Crippen LogP contribution is 2.30. The lowest BCUT2D eigenvalue weighted by atomic mass is 9.97. The van der Waals surface area contributed by atoms with Crippen molar-refractivity contribution in [2.75, 3.05) is 19.8 Å². The molecule has 2 fully saturated rings. The van der Waals surface area contributed by atoms with Crippen LogP contribution in [0.15, 0.2) is 97.2 Å². The summed E-state index contributed by atoms with van der Waals surface area (Å²) in [4.78, 5) is 13.3. The third-order valence-electron chi connectivity index (χ3n) is 17.3. The Hall–Kier alpha value is -3.09. The van der Waals surface area contributed by atoms with Gasteiger partial charge in [0.1, 0.15) is 48.8 Å². The summed E-state index contributed by atoms with van der Waals surface area (Å²) in [6.45, 7) is 2.71. The van der Waals surface area contributed by atoms with Crippen LogP contribution < -0.4 is 5.32 Å². The van der Waals surface area contributed by atoms with Crippen molar-refractivity contribution in [1.29, 1.82) is 0 Å². The van der Waals surface area contributed by atoms with Crippen molar-refractivity contribution < 1.29 is 64.6 Å². The number of rotatable bonds is 59. The first-order chi connectivity index (χ1) is 44.1. The first-order valence-corrected chi connectivity index (χ1v) is 36.5. The minimum absolute atomic E-state index is 0.241. The second-order valence-electron chi connectivity index (χ2n) is 25.3. The molecule has 2 rings (SSSR count). The van der Waals surface area contributed by atoms with Crippen LogP contribution in [-0.4, -0.2) is 140 Å². The quantitative estimate of drug-likeness (QED) is 0.0204. The lowest BCUT2D eigenvalue weighted by Crippen LogP contribution is -2.65. The summed E-state index contributed by atoms with van der Waals surface area (Å²) in [6, 6.07) is -0.922. The third kappa shape index (κ3) is 43.0. The fraction of sp³-hybridized carbons (Fsp3) is 0.776. The second-order valence-corrected chi connectivity index (χ2v) is 25.3. The van der Waals surface area contributed by atoms with E-state index < -0.39 is 86.8 Å². The molecule has 2 heterocycles. The number of hydrogen-bond donors (Lipinski definition) is 9. The molecule has 0 aliphatic carbocycles. The van der Waals surface area contributed by atoms with Crippen LogP contribution in [0.4, 0.5) is 0 Å². The Labute approximate surface area is 547 Å². The zero-order chi connectivity index (χ0) is 65.2. The van der Waals surface area contributed by atoms with E-state index >= 15 is 0 Å². The Morgan fingerprint density at radius 1 is 0.411 bits per heavy atom. The Kier molecular flexibility index (Phi) is 55.0. The molecule has 14 heteroatoms. The number of amides is 1. The summed E-state index contributed by atoms with van der Waals surface area (Å²) >= 11 is 0. The van der Waals surface area contributed by atoms with Crippen molar-refractivity contribution >= 4 is 5.91 Å². The van der Waals surface area contributed by atoms with E-state index in [9.17, 15) is 45.6 Å². The Morgan fingerprint density at radius 3 is 1.18 bits per heavy atom. The van der Waals surface area contributed by atoms with Crippen LogP contribution in [0, 0.1) is 0 Å². The monoisotopic (exact) mass is 1270 g/mol. The molecule has 1 amide bonds. The minimum atomic E-state index is -1.79. The summed E-state index contributed by atoms with van der Waals surface area (Å²) in [6.07, 6.45) is 67.4. The maximum absolute atomic E-state index is 13.3. The van der Waals surface area contributed by atoms with Gasteiger partial charge in [-0.2, -0.15) is 0 Å². The SMILES string of the molecule is CC/C=C\C/C=C\C/C=C\C/C=C\C/C=C\C/C=C\C/C=C\CCCCCCCCCCCCCCCC(=O)NC(COC1OC(CO)C(OC2OC(CO)C(O)C(O)C2O)C(O)C1O)C(O)/C=C/CCCCCCCCCCCCCCCCCCCCC. The molecule has 2 aliphatic heterocycles. The number of nitrogens with one attached hydrogen (secondary N) is 1. The largest absolute Gasteiger partial charge is 0.394 e. The van der Waals surface area contributed by atoms with Gasteiger partial charge in [0.2, 0.25) is 5.91 Å². The molecule has 0 aromatic heterocycles. The van der Waals surface area contributed by atoms with Crippen molar-refractivity contribution in [3.63, 3.8) is 0 Å². The minimum Gasteiger partial charge on any atom is -0.394 e. The molecule has 14 nitrogen and oxygen atoms in total. The number of aliphatic hydroxyl groups excluding tert-OH is 8. The van der Waals surface area contributed by atoms with Gasteiger partial charge in [0.15, 0.2) is 12.6 Å². The second kappa shape index (κ2) is 59.6. The van der Waals surface area contributed by atoms with Crippen molar-refractivity contribution in [3.8, 4) is 0 Å². The van der Waals surface area contributed by atoms with Crippen LogP contribution >= 0.6 is 0 Å². The first-order valence-electron chi connectivity index (χ1n) is 36.5. The van der Waals surface area contributed by atoms with Crippen LogP contribution in [0.1, 0.15) is 284 Å². The smallest absolute Gasteiger partial charge is 0.220 e. The van der Waals surface area contributed by atoms with Gasteiger partial charge < -0.3 is 65.1 Å². The van der Waals surface area contributed by atoms with E-state index in [1.165, 1.54) is 167 Å². The average Bonchev–Trinajstić information content (AvgIpc) is 1.28. The molecule has 0 spiro atoms. The fourth-order valence-electron chi connectivity index (χ4n) is 11.5. The number of carbonyl (C=O) groups is 1. The average molecular weight is 1270 g/mol. The van der Waals surface area contributed by atoms with E-state index in [4.69, 9.17) is 18.9 Å². The Morgan fingerprint density at radius 2 is 0.767 bits per heavy atom. The van der Waals surface area contributed by atoms with Crippen LogP contribution in [0.25, 0.3) is 0 Å². The van der Waals surface area contributed by atoms with Gasteiger partial charge in [-0.25, -0.2) is 0 Å². The summed E-state index contributed by atoms with van der Waals surface area (Å²) in [5.41, 5.74) is 0. The summed E-state index contributed by atoms with van der Waals surface area (Å²) in [5.74, 6) is -0.241. The van der Waals surface area contributed by atoms with Crippen molar-refractivity contribution in [1.82, 2.24) is 5.32 Å². The van der Waals surface area contributed by atoms with Gasteiger partial charge in [-0.15, -0.1) is 0 Å². The number of hydrogen-bond acceptors (Lipinski definition) is 13. The molecule has 520 valence electrons. The van der Waals surface area contributed by atoms with E-state index in [0.717, 1.165) is 89.9 Å². The van der Waals surface area contributed by atoms with E-state index in [2.05, 4.69) is 104 Å². The molecule has 0 aromatic rings. The summed E-state index contributed by atoms with van der Waals surface area (Å²) in [5, 5.41) is 87.5. The summed E-state index contributed by atoms with van der Waals surface area (Å²) < 4.78 is 22.9. The predicted molar refractivity (Wildman–Crippen MR) is 369 cm³/mol. The number of allylic oxidation sites excluding steroid dienone is 15. The van der Waals surface area contributed by atoms with Crippen LogP contribution in [0.3, 0.4) is 0 Å². The normalized spacial score (nSPS) is 23.5. The molecule has 0 radical (unpaired) electrons. The summed E-state index contributed by atoms with van der Waals surface area (Å²) in [7, 11) is 0. The van der Waals surface area contributed by atoms with Crippen LogP contribution in [0.2, 0.25) is 0 Å². The lowest BCUT2D eigenvalue weighted by molar-refractivity contribution is -0.359. The standard InChI is InChI=1S/C76H133NO13/c1-3-5-7-9-11-13-15-17-19-21-23-25-26-27-28-29-30-31-32-33-34-35-36-37-38-40-42-44-46-48-50-52-54-56-58-60-68(81)77-64(65(80)59-57-55-53-51-49-47-45-43-41-39-24-22-20-18-16-14-12-10-8-6-4-2)63-87-75-73(86)71(84)74(67(62-79)89-75)90-76-72(85)70(83)69(82)66(61-78)88-76/h5,7,11,13,17,19,23,25,27-28,30-31,33-34,57,59,64-67,69-76,78-80,82-86H,3-4,6,8-10,12,14-16,18,20-22,24,26,29,32,35-56,58,60-63H2,1-2H3,(H,77,81)/b7-5-,13-11-,19-17-,25-23-,28-27-,31-30-,34-33-,59-57+. The van der Waals surface area contributed by atoms with Gasteiger partial charge in [0, 0.05) is 6.42 Å². The molecule has 0 aromatic carbocycles. The maximum atomic E-state index is 13.3. The lowest BCUT2D eigenvalue weighted by Gasteiger charge is -2.46. The van der Waals surface area contributed by atoms with E-state index in [0.29, 0.717) is 6.42 Å². The molecule has 12 unspecified atom stereocenters. The van der Waals surface area contributed by atoms with E-state index in [1.54, 1.807) is 6.08 Å². The molecule has 2 aliphatic rings. The van der Waals surface area contributed by atoms with E-state index in [-0.39, 0.29) is 18.9 Å². The fourth-order valence-corrected chi connectivity index (χ4v) is 11.5. The zero-order valence-corrected chi connectivity index (χ0v) is 56.6. The van der Waals surface area contributed by atoms with Gasteiger partial charge in [0.25, 0.3) is 0 Å². The van der Waals surface area contributed by atoms with Gasteiger partial charge in [0.05, 0.1) is 32.0 Å². The number of ether oxygens (including phenoxy) is 4. The molecular weight excluding hydrogens is 1130 g/mol. The molecule has 12 atom stereocenters. The molecular formula is C76H133NO13. The van der Waals surface area contributed by atoms with Crippen molar-refractivity contribution in [3.05, 3.63) is 97.2 Å². The van der Waals surface area contributed by atoms with Crippen molar-refractivity contribution in [2.45, 2.75) is 357 Å². The van der Waals surface area contributed by atoms with Crippen LogP contribution in [-0.2, 0) is 23.7 Å². The number of unbranched alkanes of at least 4 members (excludes halogenated alkanes) is 32. The van der Waals surface area contributed by atoms with Gasteiger partial charge >= 0.3 is 0 Å². The number of carbonyl (C=O) groups excluding carboxylic acids is 1. The molecule has 2 saturated heterocycles. The molecule has 0 saturated carbocycles. The number of aliphatic hydroxyl groups is 8. The van der Waals surface area contributed by atoms with Gasteiger partial charge in [-0.1, -0.05) is 297 Å². The third-order valence-corrected chi connectivity index (χ3v) is 17.3. The first kappa shape index (κ1) is 83.0. The maximum Gasteiger partial charge on any atom is 0.220 e. The van der Waals surface area contributed by atoms with Crippen LogP contribution in [0.5, 0.6) is 0 Å². The highest BCUT2D eigenvalue weighted by atomic mass is 16.7. The van der Waals surface area contributed by atoms with Crippen molar-refractivity contribution in [2.24, 2.45) is 0 Å². The highest BCUT2D eigenvalue weighted by Gasteiger charge is 2.51. The highest BCUT2D eigenvalue weighted by molar-refractivity contribution is 5.76. The van der Waals surface area contributed by atoms with Gasteiger partial charge in [-0.3, -0.25) is 4.79 Å². The Balaban J connectivity index is 1.65. The predicted octanol–water partition coefficient (Wildman–Crippen LogP) is 15.3. The molecule has 90 heavy (non-hydrogen) atoms. The Bertz CT molecular complexity index is 1880. The zero-order valence-electron chi connectivity index (χ0n) is 56.6. The van der Waals surface area contributed by atoms with E-state index in [1.807, 2.05) is 6.08 Å². The molecule has 9 N–H and O–H groups in total. The van der Waals surface area contributed by atoms with Gasteiger partial charge in [-0.05, 0) is 77.0 Å². The topological polar surface area (TPSA) is 228 Å². The molecule has 0 bridgehead atoms.